The molecule has 0 aromatic rings. The van der Waals surface area contributed by atoms with Crippen molar-refractivity contribution in [2.24, 2.45) is 0 Å². The summed E-state index contributed by atoms with van der Waals surface area (Å²) < 4.78 is 22.2. The highest BCUT2D eigenvalue weighted by molar-refractivity contribution is 7.99. The first kappa shape index (κ1) is 39.5. The van der Waals surface area contributed by atoms with E-state index < -0.39 is 80.2 Å². The fourth-order valence-electron chi connectivity index (χ4n) is 5.06. The molecule has 2 heterocycles. The standard InChI is InChI=1S/C29H55NO13S/c1-3-4-5-6-7-8-9-10-12-44-13-11-20(33)30-29(2,16-40-27-25(38)23(36)21(34)18(14-31)42-27)17-41-28-26(39)24(37)22(35)19(15-32)43-28/h18-19,21-28,31-32,34-39H,3-17H2,1-2H3,(H,30,33). The van der Waals surface area contributed by atoms with Crippen LogP contribution in [0.2, 0.25) is 0 Å². The summed E-state index contributed by atoms with van der Waals surface area (Å²) in [4.78, 5) is 12.9. The minimum absolute atomic E-state index is 0.192. The molecule has 0 aliphatic carbocycles. The van der Waals surface area contributed by atoms with Crippen molar-refractivity contribution in [3.05, 3.63) is 0 Å². The van der Waals surface area contributed by atoms with E-state index in [0.717, 1.165) is 18.6 Å². The molecule has 44 heavy (non-hydrogen) atoms. The van der Waals surface area contributed by atoms with Gasteiger partial charge in [-0.15, -0.1) is 0 Å². The molecule has 1 amide bonds. The second-order valence-electron chi connectivity index (χ2n) is 12.0. The Labute approximate surface area is 264 Å². The van der Waals surface area contributed by atoms with Crippen LogP contribution < -0.4 is 5.32 Å². The van der Waals surface area contributed by atoms with Gasteiger partial charge < -0.3 is 65.1 Å². The molecule has 0 bridgehead atoms. The number of unbranched alkanes of at least 4 members (excludes halogenated alkanes) is 7. The molecule has 9 N–H and O–H groups in total. The Hall–Kier alpha value is -0.660. The van der Waals surface area contributed by atoms with E-state index in [2.05, 4.69) is 12.2 Å². The minimum Gasteiger partial charge on any atom is -0.394 e. The van der Waals surface area contributed by atoms with Gasteiger partial charge in [0.15, 0.2) is 12.6 Å². The number of aliphatic hydroxyl groups excluding tert-OH is 8. The molecule has 0 radical (unpaired) electrons. The summed E-state index contributed by atoms with van der Waals surface area (Å²) in [6, 6.07) is 0. The first-order valence-corrected chi connectivity index (χ1v) is 16.9. The number of carbonyl (C=O) groups excluding carboxylic acids is 1. The number of aliphatic hydroxyl groups is 8. The number of rotatable bonds is 21. The van der Waals surface area contributed by atoms with Crippen molar-refractivity contribution in [1.29, 1.82) is 0 Å². The highest BCUT2D eigenvalue weighted by Crippen LogP contribution is 2.25. The Kier molecular flexibility index (Phi) is 18.5. The number of nitrogens with one attached hydrogen (secondary N) is 1. The molecule has 10 unspecified atom stereocenters. The van der Waals surface area contributed by atoms with Crippen LogP contribution in [0.3, 0.4) is 0 Å². The zero-order valence-corrected chi connectivity index (χ0v) is 26.7. The van der Waals surface area contributed by atoms with Gasteiger partial charge in [-0.05, 0) is 19.1 Å². The Morgan fingerprint density at radius 1 is 0.705 bits per heavy atom. The molecule has 0 aromatic carbocycles. The third-order valence-corrected chi connectivity index (χ3v) is 8.96. The van der Waals surface area contributed by atoms with Gasteiger partial charge in [-0.2, -0.15) is 11.8 Å². The predicted octanol–water partition coefficient (Wildman–Crippen LogP) is -1.24. The summed E-state index contributed by atoms with van der Waals surface area (Å²) in [7, 11) is 0. The van der Waals surface area contributed by atoms with Crippen LogP contribution in [-0.2, 0) is 23.7 Å². The molecule has 2 aliphatic rings. The SMILES string of the molecule is CCCCCCCCCCSCCC(=O)NC(C)(COC1OC(CO)C(O)C(O)C1O)COC1OC(CO)C(O)C(O)C1O. The maximum Gasteiger partial charge on any atom is 0.221 e. The van der Waals surface area contributed by atoms with Crippen molar-refractivity contribution in [3.63, 3.8) is 0 Å². The van der Waals surface area contributed by atoms with E-state index in [1.165, 1.54) is 38.5 Å². The Balaban J connectivity index is 1.93. The van der Waals surface area contributed by atoms with Crippen LogP contribution in [-0.4, -0.2) is 152 Å². The average Bonchev–Trinajstić information content (AvgIpc) is 3.00. The van der Waals surface area contributed by atoms with Crippen LogP contribution in [0.1, 0.15) is 71.6 Å². The minimum atomic E-state index is -1.66. The van der Waals surface area contributed by atoms with Gasteiger partial charge in [0.25, 0.3) is 0 Å². The number of hydrogen-bond donors (Lipinski definition) is 9. The Morgan fingerprint density at radius 2 is 1.16 bits per heavy atom. The predicted molar refractivity (Wildman–Crippen MR) is 161 cm³/mol. The van der Waals surface area contributed by atoms with Crippen LogP contribution in [0, 0.1) is 0 Å². The Bertz CT molecular complexity index is 754. The maximum atomic E-state index is 12.9. The number of amides is 1. The van der Waals surface area contributed by atoms with Gasteiger partial charge in [0, 0.05) is 12.2 Å². The lowest BCUT2D eigenvalue weighted by Crippen LogP contribution is -2.62. The van der Waals surface area contributed by atoms with Crippen molar-refractivity contribution < 1.29 is 64.6 Å². The van der Waals surface area contributed by atoms with Gasteiger partial charge in [0.2, 0.25) is 5.91 Å². The third kappa shape index (κ3) is 12.5. The largest absolute Gasteiger partial charge is 0.394 e. The second-order valence-corrected chi connectivity index (χ2v) is 13.2. The molecule has 2 saturated heterocycles. The molecule has 10 atom stereocenters. The first-order valence-electron chi connectivity index (χ1n) is 15.7. The summed E-state index contributed by atoms with van der Waals surface area (Å²) in [5.74, 6) is 1.20. The highest BCUT2D eigenvalue weighted by Gasteiger charge is 2.47. The van der Waals surface area contributed by atoms with Crippen LogP contribution in [0.15, 0.2) is 0 Å². The van der Waals surface area contributed by atoms with Gasteiger partial charge in [-0.25, -0.2) is 0 Å². The van der Waals surface area contributed by atoms with Crippen LogP contribution >= 0.6 is 11.8 Å². The summed E-state index contributed by atoms with van der Waals surface area (Å²) in [5.41, 5.74) is -1.32. The highest BCUT2D eigenvalue weighted by atomic mass is 32.2. The van der Waals surface area contributed by atoms with Crippen LogP contribution in [0.5, 0.6) is 0 Å². The zero-order valence-electron chi connectivity index (χ0n) is 25.9. The van der Waals surface area contributed by atoms with Crippen molar-refractivity contribution in [2.75, 3.05) is 37.9 Å². The Morgan fingerprint density at radius 3 is 1.61 bits per heavy atom. The maximum absolute atomic E-state index is 12.9. The van der Waals surface area contributed by atoms with E-state index in [1.54, 1.807) is 18.7 Å². The number of ether oxygens (including phenoxy) is 4. The smallest absolute Gasteiger partial charge is 0.221 e. The van der Waals surface area contributed by atoms with E-state index in [1.807, 2.05) is 0 Å². The number of carbonyl (C=O) groups is 1. The van der Waals surface area contributed by atoms with Gasteiger partial charge >= 0.3 is 0 Å². The van der Waals surface area contributed by atoms with Crippen molar-refractivity contribution >= 4 is 17.7 Å². The van der Waals surface area contributed by atoms with Gasteiger partial charge in [0.05, 0.1) is 32.0 Å². The lowest BCUT2D eigenvalue weighted by atomic mass is 9.98. The molecule has 0 spiro atoms. The molecule has 15 heteroatoms. The van der Waals surface area contributed by atoms with Crippen molar-refractivity contribution in [1.82, 2.24) is 5.32 Å². The van der Waals surface area contributed by atoms with E-state index in [-0.39, 0.29) is 25.5 Å². The summed E-state index contributed by atoms with van der Waals surface area (Å²) in [6.07, 6.45) is -5.09. The van der Waals surface area contributed by atoms with Crippen molar-refractivity contribution in [3.8, 4) is 0 Å². The topological polar surface area (TPSA) is 228 Å². The monoisotopic (exact) mass is 657 g/mol. The van der Waals surface area contributed by atoms with Crippen molar-refractivity contribution in [2.45, 2.75) is 139 Å². The number of thioether (sulfide) groups is 1. The molecule has 2 fully saturated rings. The molecule has 260 valence electrons. The van der Waals surface area contributed by atoms with E-state index >= 15 is 0 Å². The van der Waals surface area contributed by atoms with E-state index in [0.29, 0.717) is 5.75 Å². The quantitative estimate of drug-likeness (QED) is 0.0658. The lowest BCUT2D eigenvalue weighted by molar-refractivity contribution is -0.313. The third-order valence-electron chi connectivity index (χ3n) is 7.89. The number of hydrogen-bond acceptors (Lipinski definition) is 14. The summed E-state index contributed by atoms with van der Waals surface area (Å²) in [6.45, 7) is 1.79. The van der Waals surface area contributed by atoms with E-state index in [9.17, 15) is 45.6 Å². The van der Waals surface area contributed by atoms with Crippen LogP contribution in [0.4, 0.5) is 0 Å². The van der Waals surface area contributed by atoms with Gasteiger partial charge in [-0.1, -0.05) is 51.9 Å². The fraction of sp³-hybridized carbons (Fsp3) is 0.966. The second kappa shape index (κ2) is 20.5. The summed E-state index contributed by atoms with van der Waals surface area (Å²) in [5, 5.41) is 82.7. The van der Waals surface area contributed by atoms with Crippen LogP contribution in [0.25, 0.3) is 0 Å². The molecule has 0 aromatic heterocycles. The first-order chi connectivity index (χ1) is 21.0. The lowest BCUT2D eigenvalue weighted by Gasteiger charge is -2.42. The normalized spacial score (nSPS) is 34.0. The van der Waals surface area contributed by atoms with E-state index in [4.69, 9.17) is 18.9 Å². The van der Waals surface area contributed by atoms with Gasteiger partial charge in [-0.3, -0.25) is 4.79 Å². The van der Waals surface area contributed by atoms with Gasteiger partial charge in [0.1, 0.15) is 48.8 Å². The molecule has 2 rings (SSSR count). The molecule has 0 saturated carbocycles. The zero-order chi connectivity index (χ0) is 32.7. The molecule has 2 aliphatic heterocycles. The summed E-state index contributed by atoms with van der Waals surface area (Å²) >= 11 is 1.68. The fourth-order valence-corrected chi connectivity index (χ4v) is 6.00. The molecular formula is C29H55NO13S. The molecule has 14 nitrogen and oxygen atoms in total. The average molecular weight is 658 g/mol. The molecular weight excluding hydrogens is 602 g/mol.